The number of rotatable bonds is 5. The zero-order chi connectivity index (χ0) is 17.0. The van der Waals surface area contributed by atoms with E-state index in [1.54, 1.807) is 26.0 Å². The predicted molar refractivity (Wildman–Crippen MR) is 89.9 cm³/mol. The number of sulfonamides is 1. The Labute approximate surface area is 138 Å². The average molecular weight is 339 g/mol. The van der Waals surface area contributed by atoms with Crippen molar-refractivity contribution < 1.29 is 13.2 Å². The Hall–Kier alpha value is -1.44. The molecular weight excluding hydrogens is 314 g/mol. The van der Waals surface area contributed by atoms with E-state index in [0.717, 1.165) is 25.9 Å². The molecule has 2 N–H and O–H groups in total. The molecule has 0 saturated carbocycles. The van der Waals surface area contributed by atoms with Gasteiger partial charge in [0.2, 0.25) is 10.0 Å². The van der Waals surface area contributed by atoms with E-state index in [4.69, 9.17) is 0 Å². The molecule has 0 spiro atoms. The highest BCUT2D eigenvalue weighted by Crippen LogP contribution is 2.13. The number of hydrogen-bond donors (Lipinski definition) is 2. The van der Waals surface area contributed by atoms with Gasteiger partial charge in [0.1, 0.15) is 0 Å². The van der Waals surface area contributed by atoms with Crippen molar-refractivity contribution in [1.29, 1.82) is 0 Å². The molecule has 0 radical (unpaired) electrons. The lowest BCUT2D eigenvalue weighted by Gasteiger charge is -2.29. The lowest BCUT2D eigenvalue weighted by atomic mass is 10.0. The lowest BCUT2D eigenvalue weighted by Crippen LogP contribution is -2.43. The number of hydrogen-bond acceptors (Lipinski definition) is 4. The first-order chi connectivity index (χ1) is 10.8. The second-order valence-corrected chi connectivity index (χ2v) is 8.07. The number of carbonyl (C=O) groups excluding carboxylic acids is 1. The number of piperidine rings is 1. The third kappa shape index (κ3) is 5.02. The Bertz CT molecular complexity index is 633. The zero-order valence-corrected chi connectivity index (χ0v) is 14.7. The van der Waals surface area contributed by atoms with Crippen LogP contribution in [-0.4, -0.2) is 51.4 Å². The first-order valence-electron chi connectivity index (χ1n) is 7.90. The van der Waals surface area contributed by atoms with Crippen molar-refractivity contribution in [2.24, 2.45) is 0 Å². The van der Waals surface area contributed by atoms with E-state index in [-0.39, 0.29) is 22.9 Å². The van der Waals surface area contributed by atoms with Crippen molar-refractivity contribution in [3.05, 3.63) is 29.8 Å². The minimum absolute atomic E-state index is 0.152. The molecule has 1 aromatic rings. The summed E-state index contributed by atoms with van der Waals surface area (Å²) in [6.07, 6.45) is 1.88. The normalized spacial score (nSPS) is 17.4. The summed E-state index contributed by atoms with van der Waals surface area (Å²) in [6.45, 7) is 5.48. The summed E-state index contributed by atoms with van der Waals surface area (Å²) < 4.78 is 26.6. The van der Waals surface area contributed by atoms with E-state index in [1.165, 1.54) is 12.1 Å². The summed E-state index contributed by atoms with van der Waals surface area (Å²) in [6, 6.07) is 6.05. The molecule has 23 heavy (non-hydrogen) atoms. The average Bonchev–Trinajstić information content (AvgIpc) is 2.48. The maximum Gasteiger partial charge on any atom is 0.251 e. The van der Waals surface area contributed by atoms with Gasteiger partial charge >= 0.3 is 0 Å². The van der Waals surface area contributed by atoms with E-state index < -0.39 is 10.0 Å². The second-order valence-electron chi connectivity index (χ2n) is 6.35. The molecule has 1 aliphatic rings. The van der Waals surface area contributed by atoms with Crippen LogP contribution in [0.3, 0.4) is 0 Å². The van der Waals surface area contributed by atoms with Gasteiger partial charge < -0.3 is 10.2 Å². The molecule has 6 nitrogen and oxygen atoms in total. The molecule has 7 heteroatoms. The molecule has 0 bridgehead atoms. The van der Waals surface area contributed by atoms with Crippen molar-refractivity contribution in [1.82, 2.24) is 14.9 Å². The van der Waals surface area contributed by atoms with Crippen LogP contribution in [0.2, 0.25) is 0 Å². The summed E-state index contributed by atoms with van der Waals surface area (Å²) in [5.74, 6) is -0.152. The molecule has 1 heterocycles. The highest BCUT2D eigenvalue weighted by atomic mass is 32.2. The summed E-state index contributed by atoms with van der Waals surface area (Å²) in [5, 5.41) is 3.02. The van der Waals surface area contributed by atoms with Crippen LogP contribution in [0.1, 0.15) is 37.0 Å². The number of benzene rings is 1. The van der Waals surface area contributed by atoms with Gasteiger partial charge in [0.15, 0.2) is 0 Å². The number of likely N-dealkylation sites (tertiary alicyclic amines) is 1. The van der Waals surface area contributed by atoms with Gasteiger partial charge in [-0.3, -0.25) is 4.79 Å². The van der Waals surface area contributed by atoms with Crippen LogP contribution in [-0.2, 0) is 10.0 Å². The minimum Gasteiger partial charge on any atom is -0.349 e. The quantitative estimate of drug-likeness (QED) is 0.845. The van der Waals surface area contributed by atoms with Crippen LogP contribution in [0.5, 0.6) is 0 Å². The van der Waals surface area contributed by atoms with Crippen molar-refractivity contribution in [3.63, 3.8) is 0 Å². The van der Waals surface area contributed by atoms with Crippen molar-refractivity contribution >= 4 is 15.9 Å². The molecule has 1 fully saturated rings. The molecule has 128 valence electrons. The van der Waals surface area contributed by atoms with E-state index in [9.17, 15) is 13.2 Å². The molecule has 0 atom stereocenters. The second kappa shape index (κ2) is 7.42. The first kappa shape index (κ1) is 17.9. The largest absolute Gasteiger partial charge is 0.349 e. The monoisotopic (exact) mass is 339 g/mol. The van der Waals surface area contributed by atoms with Crippen molar-refractivity contribution in [2.45, 2.75) is 43.7 Å². The van der Waals surface area contributed by atoms with Gasteiger partial charge in [0.05, 0.1) is 4.90 Å². The van der Waals surface area contributed by atoms with Crippen LogP contribution in [0.4, 0.5) is 0 Å². The molecule has 1 amide bonds. The van der Waals surface area contributed by atoms with Gasteiger partial charge in [-0.15, -0.1) is 0 Å². The Morgan fingerprint density at radius 2 is 1.74 bits per heavy atom. The number of amides is 1. The topological polar surface area (TPSA) is 78.5 Å². The SMILES string of the molecule is CC(C)NS(=O)(=O)c1ccc(C(=O)NC2CCN(C)CC2)cc1. The molecule has 2 rings (SSSR count). The maximum atomic E-state index is 12.2. The van der Waals surface area contributed by atoms with E-state index in [1.807, 2.05) is 0 Å². The van der Waals surface area contributed by atoms with Crippen molar-refractivity contribution in [3.8, 4) is 0 Å². The molecule has 1 aliphatic heterocycles. The highest BCUT2D eigenvalue weighted by Gasteiger charge is 2.20. The van der Waals surface area contributed by atoms with Crippen LogP contribution < -0.4 is 10.0 Å². The smallest absolute Gasteiger partial charge is 0.251 e. The molecule has 0 aliphatic carbocycles. The fourth-order valence-electron chi connectivity index (χ4n) is 2.59. The fourth-order valence-corrected chi connectivity index (χ4v) is 3.84. The summed E-state index contributed by atoms with van der Waals surface area (Å²) in [5.41, 5.74) is 0.479. The van der Waals surface area contributed by atoms with Crippen molar-refractivity contribution in [2.75, 3.05) is 20.1 Å². The number of nitrogens with zero attached hydrogens (tertiary/aromatic N) is 1. The van der Waals surface area contributed by atoms with E-state index in [0.29, 0.717) is 5.56 Å². The third-order valence-electron chi connectivity index (χ3n) is 3.87. The van der Waals surface area contributed by atoms with E-state index >= 15 is 0 Å². The van der Waals surface area contributed by atoms with Crippen LogP contribution >= 0.6 is 0 Å². The lowest BCUT2D eigenvalue weighted by molar-refractivity contribution is 0.0916. The standard InChI is InChI=1S/C16H25N3O3S/c1-12(2)18-23(21,22)15-6-4-13(5-7-15)16(20)17-14-8-10-19(3)11-9-14/h4-7,12,14,18H,8-11H2,1-3H3,(H,17,20). The molecule has 0 unspecified atom stereocenters. The van der Waals surface area contributed by atoms with Crippen LogP contribution in [0.15, 0.2) is 29.2 Å². The maximum absolute atomic E-state index is 12.2. The van der Waals surface area contributed by atoms with Crippen LogP contribution in [0.25, 0.3) is 0 Å². The Morgan fingerprint density at radius 3 is 2.26 bits per heavy atom. The number of carbonyl (C=O) groups is 1. The van der Waals surface area contributed by atoms with Gasteiger partial charge in [-0.1, -0.05) is 0 Å². The zero-order valence-electron chi connectivity index (χ0n) is 13.9. The van der Waals surface area contributed by atoms with Gasteiger partial charge in [-0.25, -0.2) is 13.1 Å². The Morgan fingerprint density at radius 1 is 1.17 bits per heavy atom. The van der Waals surface area contributed by atoms with E-state index in [2.05, 4.69) is 22.0 Å². The van der Waals surface area contributed by atoms with Gasteiger partial charge in [0, 0.05) is 17.6 Å². The van der Waals surface area contributed by atoms with Gasteiger partial charge in [-0.2, -0.15) is 0 Å². The Kier molecular flexibility index (Phi) is 5.78. The van der Waals surface area contributed by atoms with Gasteiger partial charge in [-0.05, 0) is 71.1 Å². The summed E-state index contributed by atoms with van der Waals surface area (Å²) in [4.78, 5) is 14.7. The van der Waals surface area contributed by atoms with Gasteiger partial charge in [0.25, 0.3) is 5.91 Å². The highest BCUT2D eigenvalue weighted by molar-refractivity contribution is 7.89. The first-order valence-corrected chi connectivity index (χ1v) is 9.38. The predicted octanol–water partition coefficient (Wildman–Crippen LogP) is 1.20. The molecule has 1 saturated heterocycles. The number of nitrogens with one attached hydrogen (secondary N) is 2. The fraction of sp³-hybridized carbons (Fsp3) is 0.562. The summed E-state index contributed by atoms with van der Waals surface area (Å²) >= 11 is 0. The minimum atomic E-state index is -3.52. The molecular formula is C16H25N3O3S. The molecule has 0 aromatic heterocycles. The third-order valence-corrected chi connectivity index (χ3v) is 5.55. The Balaban J connectivity index is 2.00. The van der Waals surface area contributed by atoms with Crippen LogP contribution in [0, 0.1) is 0 Å². The molecule has 1 aromatic carbocycles. The summed E-state index contributed by atoms with van der Waals surface area (Å²) in [7, 11) is -1.45.